The van der Waals surface area contributed by atoms with Crippen molar-refractivity contribution in [2.24, 2.45) is 5.73 Å². The van der Waals surface area contributed by atoms with Gasteiger partial charge in [-0.2, -0.15) is 0 Å². The average molecular weight is 135 g/mol. The second kappa shape index (κ2) is 3.52. The summed E-state index contributed by atoms with van der Waals surface area (Å²) in [5.74, 6) is 1.77. The number of hydrogen-bond acceptors (Lipinski definition) is 1. The van der Waals surface area contributed by atoms with Crippen molar-refractivity contribution in [1.82, 2.24) is 0 Å². The molecule has 1 amide bonds. The van der Waals surface area contributed by atoms with E-state index < -0.39 is 5.91 Å². The number of amides is 1. The largest absolute Gasteiger partial charge is 0.366 e. The van der Waals surface area contributed by atoms with Gasteiger partial charge in [-0.1, -0.05) is 18.6 Å². The van der Waals surface area contributed by atoms with E-state index in [1.54, 1.807) is 6.92 Å². The molecule has 0 aromatic carbocycles. The first kappa shape index (κ1) is 8.51. The lowest BCUT2D eigenvalue weighted by atomic mass is 10.1. The van der Waals surface area contributed by atoms with E-state index in [1.807, 2.05) is 0 Å². The van der Waals surface area contributed by atoms with Gasteiger partial charge < -0.3 is 5.73 Å². The van der Waals surface area contributed by atoms with E-state index in [4.69, 9.17) is 12.2 Å². The van der Waals surface area contributed by atoms with E-state index in [0.29, 0.717) is 11.1 Å². The fraction of sp³-hybridized carbons (Fsp3) is 0.125. The highest BCUT2D eigenvalue weighted by Crippen LogP contribution is 2.01. The number of terminal acetylenes is 1. The van der Waals surface area contributed by atoms with Gasteiger partial charge in [-0.15, -0.1) is 6.42 Å². The number of carbonyl (C=O) groups is 1. The third kappa shape index (κ3) is 1.79. The van der Waals surface area contributed by atoms with Crippen LogP contribution in [-0.4, -0.2) is 5.91 Å². The summed E-state index contributed by atoms with van der Waals surface area (Å²) in [7, 11) is 0. The zero-order valence-corrected chi connectivity index (χ0v) is 5.85. The van der Waals surface area contributed by atoms with E-state index in [2.05, 4.69) is 12.5 Å². The molecule has 2 nitrogen and oxygen atoms in total. The fourth-order valence-electron chi connectivity index (χ4n) is 0.516. The number of hydrogen-bond donors (Lipinski definition) is 1. The van der Waals surface area contributed by atoms with Crippen LogP contribution in [0.4, 0.5) is 0 Å². The van der Waals surface area contributed by atoms with Gasteiger partial charge in [0.15, 0.2) is 0 Å². The van der Waals surface area contributed by atoms with Crippen molar-refractivity contribution < 1.29 is 4.79 Å². The topological polar surface area (TPSA) is 43.1 Å². The summed E-state index contributed by atoms with van der Waals surface area (Å²) >= 11 is 0. The van der Waals surface area contributed by atoms with Crippen molar-refractivity contribution in [1.29, 1.82) is 0 Å². The highest BCUT2D eigenvalue weighted by atomic mass is 16.1. The van der Waals surface area contributed by atoms with Crippen LogP contribution in [0, 0.1) is 12.3 Å². The first-order valence-electron chi connectivity index (χ1n) is 2.73. The number of nitrogens with two attached hydrogens (primary N) is 1. The first-order chi connectivity index (χ1) is 4.63. The molecule has 0 saturated heterocycles. The Balaban J connectivity index is 4.86. The molecule has 2 heteroatoms. The van der Waals surface area contributed by atoms with Crippen LogP contribution in [0.25, 0.3) is 0 Å². The molecule has 0 aliphatic heterocycles. The molecule has 0 aliphatic carbocycles. The molecule has 0 aromatic rings. The summed E-state index contributed by atoms with van der Waals surface area (Å²) in [5, 5.41) is 0. The highest BCUT2D eigenvalue weighted by molar-refractivity contribution is 5.96. The van der Waals surface area contributed by atoms with Crippen LogP contribution in [0.2, 0.25) is 0 Å². The molecule has 0 spiro atoms. The van der Waals surface area contributed by atoms with Crippen LogP contribution < -0.4 is 5.73 Å². The minimum absolute atomic E-state index is 0.308. The van der Waals surface area contributed by atoms with Crippen LogP contribution >= 0.6 is 0 Å². The minimum Gasteiger partial charge on any atom is -0.366 e. The van der Waals surface area contributed by atoms with Crippen molar-refractivity contribution in [3.05, 3.63) is 23.8 Å². The molecule has 0 heterocycles. The van der Waals surface area contributed by atoms with E-state index >= 15 is 0 Å². The van der Waals surface area contributed by atoms with Gasteiger partial charge in [-0.3, -0.25) is 4.79 Å². The Kier molecular flexibility index (Phi) is 2.99. The maximum atomic E-state index is 10.5. The van der Waals surface area contributed by atoms with Crippen LogP contribution in [0.5, 0.6) is 0 Å². The minimum atomic E-state index is -0.537. The van der Waals surface area contributed by atoms with Crippen molar-refractivity contribution in [3.63, 3.8) is 0 Å². The fourth-order valence-corrected chi connectivity index (χ4v) is 0.516. The highest BCUT2D eigenvalue weighted by Gasteiger charge is 2.01. The molecule has 0 rings (SSSR count). The summed E-state index contributed by atoms with van der Waals surface area (Å²) in [6, 6.07) is 0. The normalized spacial score (nSPS) is 11.2. The van der Waals surface area contributed by atoms with Gasteiger partial charge in [0.05, 0.1) is 0 Å². The van der Waals surface area contributed by atoms with Gasteiger partial charge in [-0.25, -0.2) is 0 Å². The van der Waals surface area contributed by atoms with Gasteiger partial charge in [0.2, 0.25) is 5.91 Å². The molecule has 0 aliphatic rings. The van der Waals surface area contributed by atoms with E-state index in [9.17, 15) is 4.79 Å². The van der Waals surface area contributed by atoms with Gasteiger partial charge >= 0.3 is 0 Å². The lowest BCUT2D eigenvalue weighted by molar-refractivity contribution is -0.114. The maximum absolute atomic E-state index is 10.5. The van der Waals surface area contributed by atoms with Crippen LogP contribution in [0.15, 0.2) is 23.8 Å². The van der Waals surface area contributed by atoms with Gasteiger partial charge in [0, 0.05) is 11.1 Å². The first-order valence-corrected chi connectivity index (χ1v) is 2.73. The smallest absolute Gasteiger partial charge is 0.249 e. The van der Waals surface area contributed by atoms with Gasteiger partial charge in [0.25, 0.3) is 0 Å². The molecule has 0 aromatic heterocycles. The number of primary amides is 1. The van der Waals surface area contributed by atoms with Crippen molar-refractivity contribution in [2.45, 2.75) is 6.92 Å². The Morgan fingerprint density at radius 2 is 2.30 bits per heavy atom. The van der Waals surface area contributed by atoms with Crippen LogP contribution in [-0.2, 0) is 4.79 Å². The molecule has 0 unspecified atom stereocenters. The lowest BCUT2D eigenvalue weighted by Gasteiger charge is -1.95. The zero-order chi connectivity index (χ0) is 8.15. The van der Waals surface area contributed by atoms with E-state index in [0.717, 1.165) is 0 Å². The Morgan fingerprint density at radius 1 is 1.80 bits per heavy atom. The monoisotopic (exact) mass is 135 g/mol. The van der Waals surface area contributed by atoms with Crippen molar-refractivity contribution in [2.75, 3.05) is 0 Å². The molecule has 0 bridgehead atoms. The molecule has 0 saturated carbocycles. The Bertz CT molecular complexity index is 230. The second-order valence-electron chi connectivity index (χ2n) is 1.75. The third-order valence-corrected chi connectivity index (χ3v) is 1.09. The SMILES string of the molecule is C#C/C(C)=C(\C=C)C(N)=O. The molecule has 10 heavy (non-hydrogen) atoms. The molecule has 0 radical (unpaired) electrons. The number of carbonyl (C=O) groups excluding carboxylic acids is 1. The number of allylic oxidation sites excluding steroid dienone is 1. The maximum Gasteiger partial charge on any atom is 0.249 e. The van der Waals surface area contributed by atoms with Crippen molar-refractivity contribution in [3.8, 4) is 12.3 Å². The van der Waals surface area contributed by atoms with Gasteiger partial charge in [0.1, 0.15) is 0 Å². The Morgan fingerprint density at radius 3 is 2.40 bits per heavy atom. The summed E-state index contributed by atoms with van der Waals surface area (Å²) < 4.78 is 0. The van der Waals surface area contributed by atoms with Crippen LogP contribution in [0.3, 0.4) is 0 Å². The molecular weight excluding hydrogens is 126 g/mol. The second-order valence-corrected chi connectivity index (χ2v) is 1.75. The standard InChI is InChI=1S/C8H9NO/c1-4-6(3)7(5-2)8(9)10/h1,5H,2H2,3H3,(H2,9,10)/b7-6+. The summed E-state index contributed by atoms with van der Waals surface area (Å²) in [6.07, 6.45) is 6.38. The zero-order valence-electron chi connectivity index (χ0n) is 5.85. The predicted octanol–water partition coefficient (Wildman–Crippen LogP) is 0.607. The van der Waals surface area contributed by atoms with E-state index in [1.165, 1.54) is 6.08 Å². The summed E-state index contributed by atoms with van der Waals surface area (Å²) in [6.45, 7) is 5.04. The quantitative estimate of drug-likeness (QED) is 0.336. The summed E-state index contributed by atoms with van der Waals surface area (Å²) in [5.41, 5.74) is 5.78. The lowest BCUT2D eigenvalue weighted by Crippen LogP contribution is -2.13. The molecule has 0 fully saturated rings. The molecule has 52 valence electrons. The Hall–Kier alpha value is -1.49. The van der Waals surface area contributed by atoms with Crippen LogP contribution in [0.1, 0.15) is 6.92 Å². The van der Waals surface area contributed by atoms with Gasteiger partial charge in [-0.05, 0) is 6.92 Å². The van der Waals surface area contributed by atoms with E-state index in [-0.39, 0.29) is 0 Å². The Labute approximate surface area is 60.4 Å². The molecule has 2 N–H and O–H groups in total. The average Bonchev–Trinajstić information content (AvgIpc) is 1.88. The molecular formula is C8H9NO. The molecule has 0 atom stereocenters. The van der Waals surface area contributed by atoms with Crippen molar-refractivity contribution >= 4 is 5.91 Å². The summed E-state index contributed by atoms with van der Waals surface area (Å²) in [4.78, 5) is 10.5. The number of rotatable bonds is 2. The predicted molar refractivity (Wildman–Crippen MR) is 40.9 cm³/mol. The third-order valence-electron chi connectivity index (χ3n) is 1.09.